The van der Waals surface area contributed by atoms with Crippen molar-refractivity contribution in [2.24, 2.45) is 4.99 Å². The Kier molecular flexibility index (Phi) is 5.80. The first-order valence-electron chi connectivity index (χ1n) is 9.46. The summed E-state index contributed by atoms with van der Waals surface area (Å²) in [6.45, 7) is -0.431. The van der Waals surface area contributed by atoms with Crippen LogP contribution in [0.15, 0.2) is 65.9 Å². The number of aliphatic imine (C=N–C) groups is 1. The largest absolute Gasteiger partial charge is 0.478 e. The molecule has 0 radical (unpaired) electrons. The Labute approximate surface area is 185 Å². The van der Waals surface area contributed by atoms with E-state index in [4.69, 9.17) is 15.3 Å². The molecule has 4 rings (SSSR count). The number of rotatable bonds is 6. The number of aromatic nitrogens is 4. The van der Waals surface area contributed by atoms with Crippen LogP contribution in [0.1, 0.15) is 15.9 Å². The Hall–Kier alpha value is -5.00. The number of tetrazole rings is 1. The van der Waals surface area contributed by atoms with Gasteiger partial charge in [0.05, 0.1) is 17.5 Å². The maximum atomic E-state index is 12.8. The Morgan fingerprint density at radius 2 is 1.82 bits per heavy atom. The number of hydrogen-bond donors (Lipinski definition) is 2. The quantitative estimate of drug-likeness (QED) is 0.326. The first kappa shape index (κ1) is 21.2. The number of nitrogens with zero attached hydrogens (tertiary/aromatic N) is 6. The number of hydrogen-bond acceptors (Lipinski definition) is 8. The van der Waals surface area contributed by atoms with Gasteiger partial charge in [0.15, 0.2) is 5.71 Å². The summed E-state index contributed by atoms with van der Waals surface area (Å²) in [6.07, 6.45) is 2.80. The number of amides is 2. The zero-order chi connectivity index (χ0) is 23.4. The minimum absolute atomic E-state index is 0.0802. The molecular weight excluding hydrogens is 430 g/mol. The third-order valence-corrected chi connectivity index (χ3v) is 4.43. The molecule has 2 amide bonds. The molecule has 164 valence electrons. The van der Waals surface area contributed by atoms with Gasteiger partial charge in [0.2, 0.25) is 5.90 Å². The lowest BCUT2D eigenvalue weighted by atomic mass is 10.2. The lowest BCUT2D eigenvalue weighted by molar-refractivity contribution is -0.120. The summed E-state index contributed by atoms with van der Waals surface area (Å²) in [6, 6.07) is 14.8. The molecule has 1 aliphatic heterocycles. The Morgan fingerprint density at radius 1 is 1.09 bits per heavy atom. The standard InChI is InChI=1S/C21H15N7O5/c22-18(33-11-10-13-4-2-1-3-5-13)17-19(30)27(12-16(29)23-17)21-24-26-28(25-21)15-8-6-14(7-9-15)20(31)32/h1-11,22H,12H2,(H,31,32). The van der Waals surface area contributed by atoms with Crippen LogP contribution in [-0.2, 0) is 14.3 Å². The smallest absolute Gasteiger partial charge is 0.335 e. The third-order valence-electron chi connectivity index (χ3n) is 4.43. The van der Waals surface area contributed by atoms with Gasteiger partial charge in [-0.2, -0.15) is 0 Å². The van der Waals surface area contributed by atoms with Crippen LogP contribution in [0.4, 0.5) is 5.95 Å². The van der Waals surface area contributed by atoms with Gasteiger partial charge in [0.25, 0.3) is 17.8 Å². The molecule has 0 saturated carbocycles. The summed E-state index contributed by atoms with van der Waals surface area (Å²) in [5.41, 5.74) is 0.797. The Morgan fingerprint density at radius 3 is 2.52 bits per heavy atom. The van der Waals surface area contributed by atoms with Gasteiger partial charge >= 0.3 is 5.97 Å². The number of benzene rings is 2. The molecule has 1 aliphatic rings. The van der Waals surface area contributed by atoms with Crippen LogP contribution < -0.4 is 4.90 Å². The van der Waals surface area contributed by atoms with Gasteiger partial charge in [-0.1, -0.05) is 35.4 Å². The predicted molar refractivity (Wildman–Crippen MR) is 115 cm³/mol. The number of aromatic carboxylic acids is 1. The van der Waals surface area contributed by atoms with Crippen LogP contribution in [0.5, 0.6) is 0 Å². The molecule has 0 atom stereocenters. The maximum Gasteiger partial charge on any atom is 0.335 e. The number of nitrogens with one attached hydrogen (secondary N) is 1. The molecule has 3 aromatic rings. The number of carbonyl (C=O) groups excluding carboxylic acids is 2. The number of carboxylic acid groups (broad SMARTS) is 1. The van der Waals surface area contributed by atoms with Crippen molar-refractivity contribution in [3.63, 3.8) is 0 Å². The number of carbonyl (C=O) groups is 3. The first-order valence-corrected chi connectivity index (χ1v) is 9.46. The van der Waals surface area contributed by atoms with Gasteiger partial charge in [0.1, 0.15) is 6.54 Å². The van der Waals surface area contributed by atoms with Crippen LogP contribution in [0.25, 0.3) is 11.8 Å². The van der Waals surface area contributed by atoms with Crippen molar-refractivity contribution in [3.05, 3.63) is 72.0 Å². The molecular formula is C21H15N7O5. The van der Waals surface area contributed by atoms with E-state index in [1.165, 1.54) is 30.5 Å². The Balaban J connectivity index is 1.49. The Bertz CT molecular complexity index is 1300. The summed E-state index contributed by atoms with van der Waals surface area (Å²) < 4.78 is 5.16. The van der Waals surface area contributed by atoms with Gasteiger partial charge in [-0.05, 0) is 41.1 Å². The number of anilines is 1. The second-order valence-corrected chi connectivity index (χ2v) is 6.64. The number of carboxylic acids is 1. The molecule has 0 unspecified atom stereocenters. The molecule has 2 aromatic carbocycles. The molecule has 1 aromatic heterocycles. The van der Waals surface area contributed by atoms with Crippen molar-refractivity contribution in [3.8, 4) is 5.69 Å². The van der Waals surface area contributed by atoms with Crippen LogP contribution in [0, 0.1) is 5.41 Å². The van der Waals surface area contributed by atoms with Crippen LogP contribution in [0.2, 0.25) is 0 Å². The van der Waals surface area contributed by atoms with Crippen LogP contribution >= 0.6 is 0 Å². The van der Waals surface area contributed by atoms with Crippen molar-refractivity contribution >= 4 is 41.4 Å². The molecule has 2 N–H and O–H groups in total. The van der Waals surface area contributed by atoms with Gasteiger partial charge in [-0.15, -0.1) is 9.90 Å². The first-order chi connectivity index (χ1) is 15.9. The van der Waals surface area contributed by atoms with Crippen molar-refractivity contribution in [2.45, 2.75) is 0 Å². The fourth-order valence-corrected chi connectivity index (χ4v) is 2.81. The van der Waals surface area contributed by atoms with Gasteiger partial charge in [-0.25, -0.2) is 9.79 Å². The third kappa shape index (κ3) is 4.69. The molecule has 0 bridgehead atoms. The fraction of sp³-hybridized carbons (Fsp3) is 0.0476. The van der Waals surface area contributed by atoms with Crippen molar-refractivity contribution in [1.29, 1.82) is 5.41 Å². The highest BCUT2D eigenvalue weighted by molar-refractivity contribution is 6.68. The van der Waals surface area contributed by atoms with E-state index in [1.807, 2.05) is 30.3 Å². The van der Waals surface area contributed by atoms with Crippen LogP contribution in [-0.4, -0.2) is 61.3 Å². The summed E-state index contributed by atoms with van der Waals surface area (Å²) >= 11 is 0. The maximum absolute atomic E-state index is 12.8. The molecule has 33 heavy (non-hydrogen) atoms. The molecule has 12 heteroatoms. The summed E-state index contributed by atoms with van der Waals surface area (Å²) in [5, 5.41) is 28.7. The highest BCUT2D eigenvalue weighted by Crippen LogP contribution is 2.14. The van der Waals surface area contributed by atoms with E-state index in [-0.39, 0.29) is 11.5 Å². The monoisotopic (exact) mass is 445 g/mol. The zero-order valence-corrected chi connectivity index (χ0v) is 16.8. The van der Waals surface area contributed by atoms with E-state index >= 15 is 0 Å². The molecule has 0 saturated heterocycles. The highest BCUT2D eigenvalue weighted by atomic mass is 16.5. The van der Waals surface area contributed by atoms with Crippen LogP contribution in [0.3, 0.4) is 0 Å². The summed E-state index contributed by atoms with van der Waals surface area (Å²) in [7, 11) is 0. The van der Waals surface area contributed by atoms with E-state index in [0.717, 1.165) is 15.3 Å². The van der Waals surface area contributed by atoms with E-state index in [9.17, 15) is 14.4 Å². The minimum atomic E-state index is -1.08. The topological polar surface area (TPSA) is 164 Å². The molecule has 12 nitrogen and oxygen atoms in total. The van der Waals surface area contributed by atoms with E-state index in [0.29, 0.717) is 5.69 Å². The average Bonchev–Trinajstić information content (AvgIpc) is 3.31. The summed E-state index contributed by atoms with van der Waals surface area (Å²) in [5.74, 6) is -3.36. The lowest BCUT2D eigenvalue weighted by Crippen LogP contribution is -2.47. The molecule has 0 spiro atoms. The molecule has 2 heterocycles. The predicted octanol–water partition coefficient (Wildman–Crippen LogP) is 1.34. The van der Waals surface area contributed by atoms with E-state index in [2.05, 4.69) is 20.4 Å². The lowest BCUT2D eigenvalue weighted by Gasteiger charge is -2.21. The number of ether oxygens (including phenoxy) is 1. The fourth-order valence-electron chi connectivity index (χ4n) is 2.81. The summed E-state index contributed by atoms with van der Waals surface area (Å²) in [4.78, 5) is 41.5. The van der Waals surface area contributed by atoms with Gasteiger partial charge in [-0.3, -0.25) is 19.9 Å². The van der Waals surface area contributed by atoms with Crippen molar-refractivity contribution in [1.82, 2.24) is 20.2 Å². The van der Waals surface area contributed by atoms with E-state index in [1.54, 1.807) is 6.08 Å². The van der Waals surface area contributed by atoms with Crippen molar-refractivity contribution in [2.75, 3.05) is 11.4 Å². The van der Waals surface area contributed by atoms with Gasteiger partial charge in [0, 0.05) is 0 Å². The zero-order valence-electron chi connectivity index (χ0n) is 16.8. The van der Waals surface area contributed by atoms with Gasteiger partial charge < -0.3 is 9.84 Å². The second-order valence-electron chi connectivity index (χ2n) is 6.64. The second kappa shape index (κ2) is 9.01. The SMILES string of the molecule is N=C(OC=Cc1ccccc1)C1=NC(=O)CN(c2nnn(-c3ccc(C(=O)O)cc3)n2)C1=O. The normalized spacial score (nSPS) is 13.8. The molecule has 0 aliphatic carbocycles. The van der Waals surface area contributed by atoms with Crippen molar-refractivity contribution < 1.29 is 24.2 Å². The average molecular weight is 445 g/mol. The highest BCUT2D eigenvalue weighted by Gasteiger charge is 2.35. The molecule has 0 fully saturated rings. The minimum Gasteiger partial charge on any atom is -0.478 e. The van der Waals surface area contributed by atoms with E-state index < -0.39 is 35.9 Å².